The molecule has 2 heterocycles. The third-order valence-corrected chi connectivity index (χ3v) is 6.50. The number of carbonyl (C=O) groups excluding carboxylic acids is 1. The van der Waals surface area contributed by atoms with Crippen LogP contribution in [0, 0.1) is 6.92 Å². The van der Waals surface area contributed by atoms with Crippen molar-refractivity contribution in [3.05, 3.63) is 41.9 Å². The number of nitrogens with zero attached hydrogens (tertiary/aromatic N) is 4. The molecule has 1 unspecified atom stereocenters. The van der Waals surface area contributed by atoms with Gasteiger partial charge >= 0.3 is 0 Å². The van der Waals surface area contributed by atoms with Crippen LogP contribution in [-0.2, 0) is 4.79 Å². The van der Waals surface area contributed by atoms with Crippen LogP contribution in [0.1, 0.15) is 76.0 Å². The summed E-state index contributed by atoms with van der Waals surface area (Å²) in [6, 6.07) is 8.81. The molecule has 1 N–H and O–H groups in total. The van der Waals surface area contributed by atoms with Crippen LogP contribution < -0.4 is 10.2 Å². The Hall–Kier alpha value is -2.76. The molecule has 1 aliphatic carbocycles. The first-order chi connectivity index (χ1) is 15.1. The van der Waals surface area contributed by atoms with Gasteiger partial charge in [0.15, 0.2) is 5.82 Å². The van der Waals surface area contributed by atoms with E-state index in [1.54, 1.807) is 13.3 Å². The lowest BCUT2D eigenvalue weighted by Crippen LogP contribution is -2.39. The molecule has 1 fully saturated rings. The summed E-state index contributed by atoms with van der Waals surface area (Å²) in [5, 5.41) is 3.16. The lowest BCUT2D eigenvalue weighted by molar-refractivity contribution is -0.115. The second kappa shape index (κ2) is 9.58. The van der Waals surface area contributed by atoms with Gasteiger partial charge in [-0.2, -0.15) is 0 Å². The highest BCUT2D eigenvalue weighted by Gasteiger charge is 2.31. The van der Waals surface area contributed by atoms with E-state index in [0.29, 0.717) is 17.3 Å². The first-order valence-corrected chi connectivity index (χ1v) is 11.6. The van der Waals surface area contributed by atoms with E-state index in [1.807, 2.05) is 6.92 Å². The average molecular weight is 420 g/mol. The Bertz CT molecular complexity index is 964. The summed E-state index contributed by atoms with van der Waals surface area (Å²) >= 11 is 0. The molecule has 31 heavy (non-hydrogen) atoms. The molecule has 0 bridgehead atoms. The zero-order chi connectivity index (χ0) is 21.8. The van der Waals surface area contributed by atoms with Crippen LogP contribution in [0.3, 0.4) is 0 Å². The van der Waals surface area contributed by atoms with Gasteiger partial charge in [0.25, 0.3) is 5.91 Å². The summed E-state index contributed by atoms with van der Waals surface area (Å²) in [7, 11) is 0. The number of para-hydroxylation sites is 1. The number of nitrogens with one attached hydrogen (secondary N) is 1. The highest BCUT2D eigenvalue weighted by atomic mass is 16.1. The van der Waals surface area contributed by atoms with Gasteiger partial charge in [-0.25, -0.2) is 15.0 Å². The highest BCUT2D eigenvalue weighted by Crippen LogP contribution is 2.44. The number of rotatable bonds is 6. The molecule has 0 spiro atoms. The summed E-state index contributed by atoms with van der Waals surface area (Å²) in [5.74, 6) is 1.17. The fraction of sp³-hybridized carbons (Fsp3) is 0.520. The van der Waals surface area contributed by atoms with E-state index in [9.17, 15) is 4.79 Å². The first kappa shape index (κ1) is 21.5. The Kier molecular flexibility index (Phi) is 6.64. The van der Waals surface area contributed by atoms with E-state index >= 15 is 0 Å². The molecular weight excluding hydrogens is 386 g/mol. The molecule has 1 saturated carbocycles. The van der Waals surface area contributed by atoms with Gasteiger partial charge in [-0.1, -0.05) is 50.8 Å². The number of benzene rings is 1. The van der Waals surface area contributed by atoms with E-state index < -0.39 is 0 Å². The standard InChI is InChI=1S/C25H33N5O/c1-4-10-19-15-30(22-14-9-8-13-21(19)22)24-23(17(2)26-16-27-24)28-18(3)25(31)29-20-11-6-5-7-12-20/h8-9,13-14,16,19-20H,4-7,10-12,15H2,1-3H3,(H,29,31). The Morgan fingerprint density at radius 3 is 2.74 bits per heavy atom. The van der Waals surface area contributed by atoms with Crippen molar-refractivity contribution in [3.8, 4) is 0 Å². The van der Waals surface area contributed by atoms with Crippen molar-refractivity contribution in [3.63, 3.8) is 0 Å². The Labute approximate surface area is 185 Å². The molecule has 1 amide bonds. The Morgan fingerprint density at radius 1 is 1.19 bits per heavy atom. The smallest absolute Gasteiger partial charge is 0.265 e. The minimum Gasteiger partial charge on any atom is -0.348 e. The topological polar surface area (TPSA) is 70.5 Å². The van der Waals surface area contributed by atoms with Crippen molar-refractivity contribution >= 4 is 28.8 Å². The van der Waals surface area contributed by atoms with Crippen LogP contribution in [0.25, 0.3) is 0 Å². The molecule has 1 aromatic carbocycles. The van der Waals surface area contributed by atoms with Crippen molar-refractivity contribution in [1.82, 2.24) is 15.3 Å². The van der Waals surface area contributed by atoms with E-state index in [2.05, 4.69) is 51.4 Å². The number of aliphatic imine (C=N–C) groups is 1. The van der Waals surface area contributed by atoms with Crippen LogP contribution >= 0.6 is 0 Å². The van der Waals surface area contributed by atoms with E-state index in [1.165, 1.54) is 30.5 Å². The lowest BCUT2D eigenvalue weighted by atomic mass is 9.95. The van der Waals surface area contributed by atoms with Crippen molar-refractivity contribution in [2.45, 2.75) is 77.7 Å². The number of aryl methyl sites for hydroxylation is 1. The number of hydrogen-bond acceptors (Lipinski definition) is 5. The predicted octanol–water partition coefficient (Wildman–Crippen LogP) is 5.36. The van der Waals surface area contributed by atoms with Gasteiger partial charge in [0.2, 0.25) is 0 Å². The van der Waals surface area contributed by atoms with Gasteiger partial charge in [-0.05, 0) is 44.7 Å². The van der Waals surface area contributed by atoms with Crippen LogP contribution in [0.5, 0.6) is 0 Å². The van der Waals surface area contributed by atoms with Crippen molar-refractivity contribution in [1.29, 1.82) is 0 Å². The van der Waals surface area contributed by atoms with Crippen LogP contribution in [0.2, 0.25) is 0 Å². The number of anilines is 2. The minimum absolute atomic E-state index is 0.0909. The molecule has 164 valence electrons. The minimum atomic E-state index is -0.0909. The van der Waals surface area contributed by atoms with Gasteiger partial charge in [0.1, 0.15) is 17.7 Å². The zero-order valence-electron chi connectivity index (χ0n) is 18.9. The summed E-state index contributed by atoms with van der Waals surface area (Å²) < 4.78 is 0. The Morgan fingerprint density at radius 2 is 1.97 bits per heavy atom. The second-order valence-electron chi connectivity index (χ2n) is 8.79. The highest BCUT2D eigenvalue weighted by molar-refractivity contribution is 6.38. The molecule has 1 aliphatic heterocycles. The molecule has 0 saturated heterocycles. The normalized spacial score (nSPS) is 19.4. The number of amides is 1. The average Bonchev–Trinajstić information content (AvgIpc) is 3.14. The van der Waals surface area contributed by atoms with Gasteiger partial charge in [0.05, 0.1) is 5.69 Å². The fourth-order valence-electron chi connectivity index (χ4n) is 4.83. The Balaban J connectivity index is 1.63. The molecule has 2 aromatic rings. The molecule has 4 rings (SSSR count). The van der Waals surface area contributed by atoms with Crippen LogP contribution in [0.4, 0.5) is 17.2 Å². The van der Waals surface area contributed by atoms with Gasteiger partial charge in [0, 0.05) is 24.2 Å². The summed E-state index contributed by atoms with van der Waals surface area (Å²) in [5.41, 5.74) is 4.47. The van der Waals surface area contributed by atoms with Gasteiger partial charge in [-0.15, -0.1) is 0 Å². The second-order valence-corrected chi connectivity index (χ2v) is 8.79. The maximum Gasteiger partial charge on any atom is 0.265 e. The first-order valence-electron chi connectivity index (χ1n) is 11.6. The van der Waals surface area contributed by atoms with Crippen molar-refractivity contribution < 1.29 is 4.79 Å². The molecule has 2 aliphatic rings. The molecule has 1 aromatic heterocycles. The number of fused-ring (bicyclic) bond motifs is 1. The number of aromatic nitrogens is 2. The maximum absolute atomic E-state index is 12.8. The summed E-state index contributed by atoms with van der Waals surface area (Å²) in [6.45, 7) is 6.82. The molecular formula is C25H33N5O. The largest absolute Gasteiger partial charge is 0.348 e. The predicted molar refractivity (Wildman–Crippen MR) is 126 cm³/mol. The maximum atomic E-state index is 12.8. The van der Waals surface area contributed by atoms with Crippen molar-refractivity contribution in [2.75, 3.05) is 11.4 Å². The summed E-state index contributed by atoms with van der Waals surface area (Å²) in [6.07, 6.45) is 9.62. The number of carbonyl (C=O) groups is 1. The van der Waals surface area contributed by atoms with E-state index in [-0.39, 0.29) is 11.9 Å². The van der Waals surface area contributed by atoms with E-state index in [4.69, 9.17) is 4.99 Å². The molecule has 0 radical (unpaired) electrons. The number of hydrogen-bond donors (Lipinski definition) is 1. The van der Waals surface area contributed by atoms with Gasteiger partial charge in [-0.3, -0.25) is 4.79 Å². The third kappa shape index (κ3) is 4.63. The fourth-order valence-corrected chi connectivity index (χ4v) is 4.83. The zero-order valence-corrected chi connectivity index (χ0v) is 18.9. The SMILES string of the molecule is CCCC1CN(c2ncnc(C)c2N=C(C)C(=O)NC2CCCCC2)c2ccccc21. The van der Waals surface area contributed by atoms with Crippen LogP contribution in [-0.4, -0.2) is 34.2 Å². The van der Waals surface area contributed by atoms with E-state index in [0.717, 1.165) is 43.7 Å². The molecule has 6 heteroatoms. The molecule has 1 atom stereocenters. The molecule has 6 nitrogen and oxygen atoms in total. The van der Waals surface area contributed by atoms with Crippen molar-refractivity contribution in [2.24, 2.45) is 4.99 Å². The lowest BCUT2D eigenvalue weighted by Gasteiger charge is -2.23. The summed E-state index contributed by atoms with van der Waals surface area (Å²) in [4.78, 5) is 28.8. The quantitative estimate of drug-likeness (QED) is 0.640. The van der Waals surface area contributed by atoms with Gasteiger partial charge < -0.3 is 10.2 Å². The monoisotopic (exact) mass is 419 g/mol. The van der Waals surface area contributed by atoms with Crippen LogP contribution in [0.15, 0.2) is 35.6 Å². The third-order valence-electron chi connectivity index (χ3n) is 6.50.